The van der Waals surface area contributed by atoms with Crippen LogP contribution in [-0.4, -0.2) is 143 Å². The maximum absolute atomic E-state index is 10.4. The van der Waals surface area contributed by atoms with Crippen molar-refractivity contribution >= 4 is 0 Å². The summed E-state index contributed by atoms with van der Waals surface area (Å²) in [5.74, 6) is 0.997. The molecule has 14 atom stereocenters. The molecule has 0 bridgehead atoms. The van der Waals surface area contributed by atoms with E-state index in [1.54, 1.807) is 36.4 Å². The van der Waals surface area contributed by atoms with E-state index in [9.17, 15) is 40.9 Å². The molecular formula is C32H42O16. The van der Waals surface area contributed by atoms with E-state index in [4.69, 9.17) is 37.9 Å². The first-order valence-electron chi connectivity index (χ1n) is 15.6. The normalized spacial score (nSPS) is 39.5. The summed E-state index contributed by atoms with van der Waals surface area (Å²) < 4.78 is 46.1. The van der Waals surface area contributed by atoms with E-state index in [1.165, 1.54) is 14.2 Å². The van der Waals surface area contributed by atoms with Crippen LogP contribution in [0.5, 0.6) is 23.0 Å². The van der Waals surface area contributed by atoms with Crippen LogP contribution >= 0.6 is 0 Å². The number of hydrogen-bond acceptors (Lipinski definition) is 16. The molecule has 4 heterocycles. The Labute approximate surface area is 275 Å². The summed E-state index contributed by atoms with van der Waals surface area (Å²) in [6.45, 7) is -0.371. The van der Waals surface area contributed by atoms with Gasteiger partial charge in [-0.1, -0.05) is 12.1 Å². The molecule has 0 amide bonds. The highest BCUT2D eigenvalue weighted by molar-refractivity contribution is 5.46. The molecule has 2 aromatic rings. The summed E-state index contributed by atoms with van der Waals surface area (Å²) in [5, 5.41) is 80.1. The van der Waals surface area contributed by atoms with Crippen molar-refractivity contribution in [2.45, 2.75) is 73.6 Å². The first-order chi connectivity index (χ1) is 23.1. The van der Waals surface area contributed by atoms with E-state index < -0.39 is 74.6 Å². The van der Waals surface area contributed by atoms with Crippen LogP contribution in [0.25, 0.3) is 0 Å². The van der Waals surface area contributed by atoms with Crippen LogP contribution in [0.1, 0.15) is 23.3 Å². The van der Waals surface area contributed by atoms with Crippen molar-refractivity contribution in [2.75, 3.05) is 40.6 Å². The fraction of sp³-hybridized carbons (Fsp3) is 0.625. The van der Waals surface area contributed by atoms with Crippen LogP contribution in [0.4, 0.5) is 0 Å². The molecule has 6 rings (SSSR count). The molecule has 48 heavy (non-hydrogen) atoms. The Morgan fingerprint density at radius 1 is 0.562 bits per heavy atom. The zero-order valence-corrected chi connectivity index (χ0v) is 26.2. The second kappa shape index (κ2) is 14.6. The van der Waals surface area contributed by atoms with Gasteiger partial charge in [0.05, 0.1) is 52.9 Å². The van der Waals surface area contributed by atoms with E-state index >= 15 is 0 Å². The van der Waals surface area contributed by atoms with Crippen molar-refractivity contribution in [1.29, 1.82) is 0 Å². The number of rotatable bonds is 10. The summed E-state index contributed by atoms with van der Waals surface area (Å²) in [4.78, 5) is 0. The number of ether oxygens (including phenoxy) is 8. The van der Waals surface area contributed by atoms with Crippen molar-refractivity contribution in [3.8, 4) is 23.0 Å². The molecule has 4 aliphatic rings. The lowest BCUT2D eigenvalue weighted by Gasteiger charge is -2.39. The van der Waals surface area contributed by atoms with Gasteiger partial charge < -0.3 is 78.7 Å². The fourth-order valence-electron chi connectivity index (χ4n) is 6.73. The van der Waals surface area contributed by atoms with Crippen molar-refractivity contribution in [3.63, 3.8) is 0 Å². The molecule has 16 nitrogen and oxygen atoms in total. The van der Waals surface area contributed by atoms with Gasteiger partial charge in [0.1, 0.15) is 48.8 Å². The Balaban J connectivity index is 1.14. The molecule has 0 aliphatic carbocycles. The summed E-state index contributed by atoms with van der Waals surface area (Å²) in [7, 11) is 2.90. The van der Waals surface area contributed by atoms with Crippen molar-refractivity contribution < 1.29 is 78.7 Å². The maximum atomic E-state index is 10.4. The smallest absolute Gasteiger partial charge is 0.229 e. The molecule has 0 spiro atoms. The van der Waals surface area contributed by atoms with Gasteiger partial charge in [-0.25, -0.2) is 0 Å². The topological polar surface area (TPSA) is 236 Å². The van der Waals surface area contributed by atoms with E-state index in [0.29, 0.717) is 24.7 Å². The average molecular weight is 683 g/mol. The largest absolute Gasteiger partial charge is 0.493 e. The van der Waals surface area contributed by atoms with Gasteiger partial charge in [-0.3, -0.25) is 0 Å². The minimum absolute atomic E-state index is 0.0204. The van der Waals surface area contributed by atoms with Gasteiger partial charge in [0, 0.05) is 11.8 Å². The summed E-state index contributed by atoms with van der Waals surface area (Å²) >= 11 is 0. The monoisotopic (exact) mass is 682 g/mol. The Bertz CT molecular complexity index is 1290. The van der Waals surface area contributed by atoms with Crippen molar-refractivity contribution in [1.82, 2.24) is 0 Å². The molecule has 0 aromatic heterocycles. The SMILES string of the molecule is COc1cc([C@@H]2OC[C@H]3[C@H]2CO[C@H]3c2ccc(O[C@@H]3O[C@H](CO)[C@@H](O)[C@H](O)[C@H]3O)c(OC)c2)ccc1O[C@@H]1O[C@@H](CO)[C@H](O)[C@@H](O)[C@@H]1O. The number of fused-ring (bicyclic) bond motifs is 1. The number of aliphatic hydroxyl groups is 8. The summed E-state index contributed by atoms with van der Waals surface area (Å²) in [6.07, 6.45) is -15.0. The first-order valence-corrected chi connectivity index (χ1v) is 15.6. The van der Waals surface area contributed by atoms with Crippen LogP contribution in [0, 0.1) is 11.8 Å². The Kier molecular flexibility index (Phi) is 10.6. The van der Waals surface area contributed by atoms with Crippen LogP contribution in [0.2, 0.25) is 0 Å². The van der Waals surface area contributed by atoms with Gasteiger partial charge in [-0.2, -0.15) is 0 Å². The van der Waals surface area contributed by atoms with E-state index in [1.807, 2.05) is 0 Å². The molecule has 266 valence electrons. The van der Waals surface area contributed by atoms with Gasteiger partial charge in [-0.05, 0) is 35.4 Å². The summed E-state index contributed by atoms with van der Waals surface area (Å²) in [5.41, 5.74) is 1.59. The highest BCUT2D eigenvalue weighted by Gasteiger charge is 2.49. The molecule has 0 unspecified atom stereocenters. The quantitative estimate of drug-likeness (QED) is 0.137. The molecule has 4 saturated heterocycles. The predicted octanol–water partition coefficient (Wildman–Crippen LogP) is -1.86. The standard InChI is InChI=1S/C32H42O16/c1-41-19-7-13(3-5-17(19)45-31-27(39)25(37)23(35)21(9-33)47-31)29-15-11-44-30(16(15)12-43-29)14-4-6-18(20(8-14)42-2)46-32-28(40)26(38)24(36)22(10-34)48-32/h3-8,15-16,21-40H,9-12H2,1-2H3/t15-,16+,21+,22-,23+,24-,25-,26+,27+,28-,29-,30-,31+,32+/m0/s1. The third-order valence-corrected chi connectivity index (χ3v) is 9.48. The van der Waals surface area contributed by atoms with Gasteiger partial charge in [-0.15, -0.1) is 0 Å². The lowest BCUT2D eigenvalue weighted by atomic mass is 9.85. The van der Waals surface area contributed by atoms with Gasteiger partial charge in [0.25, 0.3) is 0 Å². The van der Waals surface area contributed by atoms with Crippen LogP contribution in [0.3, 0.4) is 0 Å². The molecule has 4 fully saturated rings. The van der Waals surface area contributed by atoms with Crippen molar-refractivity contribution in [3.05, 3.63) is 47.5 Å². The predicted molar refractivity (Wildman–Crippen MR) is 159 cm³/mol. The third-order valence-electron chi connectivity index (χ3n) is 9.48. The van der Waals surface area contributed by atoms with Crippen LogP contribution < -0.4 is 18.9 Å². The minimum Gasteiger partial charge on any atom is -0.493 e. The molecular weight excluding hydrogens is 640 g/mol. The molecule has 8 N–H and O–H groups in total. The molecule has 4 aliphatic heterocycles. The Hall–Kier alpha value is -2.84. The lowest BCUT2D eigenvalue weighted by molar-refractivity contribution is -0.277. The second-order valence-electron chi connectivity index (χ2n) is 12.3. The lowest BCUT2D eigenvalue weighted by Crippen LogP contribution is -2.60. The van der Waals surface area contributed by atoms with E-state index in [2.05, 4.69) is 0 Å². The summed E-state index contributed by atoms with van der Waals surface area (Å²) in [6, 6.07) is 10.3. The first kappa shape index (κ1) is 35.0. The zero-order valence-electron chi connectivity index (χ0n) is 26.2. The highest BCUT2D eigenvalue weighted by Crippen LogP contribution is 2.52. The molecule has 0 radical (unpaired) electrons. The van der Waals surface area contributed by atoms with Crippen LogP contribution in [0.15, 0.2) is 36.4 Å². The number of hydrogen-bond donors (Lipinski definition) is 8. The van der Waals surface area contributed by atoms with E-state index in [-0.39, 0.29) is 35.5 Å². The fourth-order valence-corrected chi connectivity index (χ4v) is 6.73. The zero-order chi connectivity index (χ0) is 34.3. The third kappa shape index (κ3) is 6.44. The number of benzene rings is 2. The van der Waals surface area contributed by atoms with Crippen molar-refractivity contribution in [2.24, 2.45) is 11.8 Å². The number of methoxy groups -OCH3 is 2. The maximum Gasteiger partial charge on any atom is 0.229 e. The number of aliphatic hydroxyl groups excluding tert-OH is 8. The minimum atomic E-state index is -1.59. The molecule has 16 heteroatoms. The van der Waals surface area contributed by atoms with E-state index in [0.717, 1.165) is 11.1 Å². The molecule has 0 saturated carbocycles. The Morgan fingerprint density at radius 3 is 1.31 bits per heavy atom. The van der Waals surface area contributed by atoms with Crippen LogP contribution in [-0.2, 0) is 18.9 Å². The molecule has 2 aromatic carbocycles. The highest BCUT2D eigenvalue weighted by atomic mass is 16.7. The average Bonchev–Trinajstić information content (AvgIpc) is 3.72. The Morgan fingerprint density at radius 2 is 0.958 bits per heavy atom. The van der Waals surface area contributed by atoms with Gasteiger partial charge in [0.15, 0.2) is 23.0 Å². The second-order valence-corrected chi connectivity index (χ2v) is 12.3. The van der Waals surface area contributed by atoms with Gasteiger partial charge >= 0.3 is 0 Å². The van der Waals surface area contributed by atoms with Gasteiger partial charge in [0.2, 0.25) is 12.6 Å².